The summed E-state index contributed by atoms with van der Waals surface area (Å²) < 4.78 is 5.27. The highest BCUT2D eigenvalue weighted by Gasteiger charge is 2.28. The summed E-state index contributed by atoms with van der Waals surface area (Å²) in [5.41, 5.74) is 0.936. The van der Waals surface area contributed by atoms with Gasteiger partial charge in [-0.05, 0) is 36.9 Å². The van der Waals surface area contributed by atoms with Crippen LogP contribution in [0.3, 0.4) is 0 Å². The Morgan fingerprint density at radius 3 is 2.79 bits per heavy atom. The minimum Gasteiger partial charge on any atom is -0.392 e. The predicted octanol–water partition coefficient (Wildman–Crippen LogP) is 1.85. The Labute approximate surface area is 115 Å². The van der Waals surface area contributed by atoms with Gasteiger partial charge in [0.15, 0.2) is 0 Å². The fourth-order valence-electron chi connectivity index (χ4n) is 2.14. The third-order valence-corrected chi connectivity index (χ3v) is 3.94. The van der Waals surface area contributed by atoms with Gasteiger partial charge in [-0.25, -0.2) is 0 Å². The van der Waals surface area contributed by atoms with Crippen LogP contribution in [0.1, 0.15) is 18.4 Å². The molecule has 1 aromatic carbocycles. The predicted molar refractivity (Wildman–Crippen MR) is 72.9 cm³/mol. The lowest BCUT2D eigenvalue weighted by atomic mass is 10.2. The third kappa shape index (κ3) is 2.65. The fourth-order valence-corrected chi connectivity index (χ4v) is 2.55. The Morgan fingerprint density at radius 2 is 2.16 bits per heavy atom. The summed E-state index contributed by atoms with van der Waals surface area (Å²) in [6.07, 6.45) is 2.33. The first kappa shape index (κ1) is 12.7. The zero-order valence-electron chi connectivity index (χ0n) is 10.5. The minimum absolute atomic E-state index is 0.0401. The molecule has 19 heavy (non-hydrogen) atoms. The van der Waals surface area contributed by atoms with Crippen molar-refractivity contribution in [2.24, 2.45) is 0 Å². The lowest BCUT2D eigenvalue weighted by molar-refractivity contribution is 0.191. The minimum atomic E-state index is -0.332. The molecule has 2 N–H and O–H groups in total. The Balaban J connectivity index is 1.80. The summed E-state index contributed by atoms with van der Waals surface area (Å²) in [5, 5.41) is 16.6. The van der Waals surface area contributed by atoms with E-state index >= 15 is 0 Å². The van der Waals surface area contributed by atoms with Crippen LogP contribution in [0.15, 0.2) is 33.7 Å². The molecule has 0 radical (unpaired) electrons. The molecule has 0 amide bonds. The smallest absolute Gasteiger partial charge is 0.244 e. The molecule has 1 aliphatic heterocycles. The van der Waals surface area contributed by atoms with Crippen molar-refractivity contribution >= 4 is 11.8 Å². The third-order valence-electron chi connectivity index (χ3n) is 3.20. The number of aliphatic hydroxyl groups excluding tert-OH is 1. The number of β-amino-alcohol motifs (C(OH)–C–C–N with tert-alkyl or cyclic N) is 1. The van der Waals surface area contributed by atoms with E-state index in [4.69, 9.17) is 4.52 Å². The van der Waals surface area contributed by atoms with Crippen molar-refractivity contribution in [3.05, 3.63) is 30.2 Å². The maximum atomic E-state index is 9.49. The molecule has 1 aromatic heterocycles. The van der Waals surface area contributed by atoms with Gasteiger partial charge in [0.25, 0.3) is 0 Å². The van der Waals surface area contributed by atoms with Gasteiger partial charge in [-0.15, -0.1) is 11.8 Å². The van der Waals surface area contributed by atoms with E-state index in [-0.39, 0.29) is 12.1 Å². The summed E-state index contributed by atoms with van der Waals surface area (Å²) in [4.78, 5) is 5.60. The summed E-state index contributed by atoms with van der Waals surface area (Å²) in [7, 11) is 0. The highest BCUT2D eigenvalue weighted by atomic mass is 32.2. The van der Waals surface area contributed by atoms with Crippen LogP contribution in [-0.2, 0) is 0 Å². The number of aliphatic hydroxyl groups is 1. The van der Waals surface area contributed by atoms with Crippen molar-refractivity contribution in [3.63, 3.8) is 0 Å². The molecule has 1 saturated heterocycles. The topological polar surface area (TPSA) is 71.2 Å². The van der Waals surface area contributed by atoms with Gasteiger partial charge >= 0.3 is 0 Å². The second-order valence-electron chi connectivity index (χ2n) is 4.54. The normalized spacial score (nSPS) is 22.8. The van der Waals surface area contributed by atoms with E-state index in [0.29, 0.717) is 24.7 Å². The number of nitrogens with one attached hydrogen (secondary N) is 1. The number of nitrogens with zero attached hydrogens (tertiary/aromatic N) is 2. The van der Waals surface area contributed by atoms with Gasteiger partial charge in [-0.1, -0.05) is 5.16 Å². The zero-order chi connectivity index (χ0) is 13.2. The van der Waals surface area contributed by atoms with E-state index in [9.17, 15) is 5.11 Å². The maximum Gasteiger partial charge on any atom is 0.244 e. The van der Waals surface area contributed by atoms with Gasteiger partial charge in [0.1, 0.15) is 0 Å². The lowest BCUT2D eigenvalue weighted by Gasteiger charge is -2.01. The first-order chi connectivity index (χ1) is 9.26. The summed E-state index contributed by atoms with van der Waals surface area (Å²) in [6.45, 7) is 0.574. The van der Waals surface area contributed by atoms with Crippen LogP contribution < -0.4 is 5.32 Å². The lowest BCUT2D eigenvalue weighted by Crippen LogP contribution is -2.15. The quantitative estimate of drug-likeness (QED) is 0.834. The molecule has 0 aliphatic carbocycles. The van der Waals surface area contributed by atoms with Gasteiger partial charge in [-0.2, -0.15) is 4.98 Å². The van der Waals surface area contributed by atoms with Crippen LogP contribution in [0.25, 0.3) is 11.4 Å². The molecule has 0 bridgehead atoms. The van der Waals surface area contributed by atoms with Crippen LogP contribution in [0.2, 0.25) is 0 Å². The fraction of sp³-hybridized carbons (Fsp3) is 0.385. The number of thioether (sulfide) groups is 1. The Bertz CT molecular complexity index is 555. The summed E-state index contributed by atoms with van der Waals surface area (Å²) in [6, 6.07) is 8.00. The van der Waals surface area contributed by atoms with Gasteiger partial charge in [0.2, 0.25) is 11.7 Å². The van der Waals surface area contributed by atoms with Crippen LogP contribution in [0.5, 0.6) is 0 Å². The Hall–Kier alpha value is -1.37. The average molecular weight is 277 g/mol. The van der Waals surface area contributed by atoms with Crippen molar-refractivity contribution in [1.29, 1.82) is 0 Å². The van der Waals surface area contributed by atoms with E-state index in [1.54, 1.807) is 11.8 Å². The van der Waals surface area contributed by atoms with Crippen LogP contribution in [-0.4, -0.2) is 34.2 Å². The molecular weight excluding hydrogens is 262 g/mol. The summed E-state index contributed by atoms with van der Waals surface area (Å²) in [5.74, 6) is 1.13. The number of rotatable bonds is 3. The van der Waals surface area contributed by atoms with Crippen LogP contribution in [0.4, 0.5) is 0 Å². The van der Waals surface area contributed by atoms with Crippen molar-refractivity contribution < 1.29 is 9.63 Å². The molecule has 5 nitrogen and oxygen atoms in total. The SMILES string of the molecule is CSc1ccc(-c2noc([C@H]3C[C@H](O)CN3)n2)cc1. The summed E-state index contributed by atoms with van der Waals surface area (Å²) >= 11 is 1.70. The highest BCUT2D eigenvalue weighted by Crippen LogP contribution is 2.25. The first-order valence-electron chi connectivity index (χ1n) is 6.16. The molecule has 2 atom stereocenters. The molecular formula is C13H15N3O2S. The molecule has 0 saturated carbocycles. The average Bonchev–Trinajstić information content (AvgIpc) is 3.07. The van der Waals surface area contributed by atoms with Gasteiger partial charge in [0.05, 0.1) is 12.1 Å². The molecule has 2 aromatic rings. The molecule has 1 aliphatic rings. The second-order valence-corrected chi connectivity index (χ2v) is 5.41. The van der Waals surface area contributed by atoms with E-state index < -0.39 is 0 Å². The highest BCUT2D eigenvalue weighted by molar-refractivity contribution is 7.98. The van der Waals surface area contributed by atoms with Crippen molar-refractivity contribution in [2.75, 3.05) is 12.8 Å². The van der Waals surface area contributed by atoms with E-state index in [1.807, 2.05) is 30.5 Å². The van der Waals surface area contributed by atoms with Crippen molar-refractivity contribution in [2.45, 2.75) is 23.5 Å². The molecule has 100 valence electrons. The first-order valence-corrected chi connectivity index (χ1v) is 7.38. The van der Waals surface area contributed by atoms with Gasteiger partial charge in [0, 0.05) is 17.0 Å². The van der Waals surface area contributed by atoms with Crippen LogP contribution >= 0.6 is 11.8 Å². The van der Waals surface area contributed by atoms with E-state index in [2.05, 4.69) is 15.5 Å². The second kappa shape index (κ2) is 5.32. The molecule has 3 rings (SSSR count). The van der Waals surface area contributed by atoms with E-state index in [0.717, 1.165) is 5.56 Å². The number of benzene rings is 1. The Morgan fingerprint density at radius 1 is 1.37 bits per heavy atom. The number of hydrogen-bond donors (Lipinski definition) is 2. The van der Waals surface area contributed by atoms with Gasteiger partial charge in [-0.3, -0.25) is 0 Å². The van der Waals surface area contributed by atoms with E-state index in [1.165, 1.54) is 4.90 Å². The molecule has 6 heteroatoms. The number of hydrogen-bond acceptors (Lipinski definition) is 6. The van der Waals surface area contributed by atoms with Gasteiger partial charge < -0.3 is 14.9 Å². The molecule has 1 fully saturated rings. The standard InChI is InChI=1S/C13H15N3O2S/c1-19-10-4-2-8(3-5-10)12-15-13(18-16-12)11-6-9(17)7-14-11/h2-5,9,11,14,17H,6-7H2,1H3/t9-,11+/m0/s1. The largest absolute Gasteiger partial charge is 0.392 e. The number of aromatic nitrogens is 2. The van der Waals surface area contributed by atoms with Crippen LogP contribution in [0, 0.1) is 0 Å². The maximum absolute atomic E-state index is 9.49. The Kier molecular flexibility index (Phi) is 3.54. The van der Waals surface area contributed by atoms with Crippen molar-refractivity contribution in [3.8, 4) is 11.4 Å². The monoisotopic (exact) mass is 277 g/mol. The molecule has 2 heterocycles. The van der Waals surface area contributed by atoms with Crippen molar-refractivity contribution in [1.82, 2.24) is 15.5 Å². The zero-order valence-corrected chi connectivity index (χ0v) is 11.4. The molecule has 0 spiro atoms. The molecule has 0 unspecified atom stereocenters.